The van der Waals surface area contributed by atoms with Crippen LogP contribution in [0.5, 0.6) is 5.75 Å². The van der Waals surface area contributed by atoms with Gasteiger partial charge < -0.3 is 14.8 Å². The zero-order valence-corrected chi connectivity index (χ0v) is 12.4. The van der Waals surface area contributed by atoms with Gasteiger partial charge in [-0.25, -0.2) is 0 Å². The largest absolute Gasteiger partial charge is 0.496 e. The van der Waals surface area contributed by atoms with E-state index in [9.17, 15) is 4.79 Å². The van der Waals surface area contributed by atoms with Crippen molar-refractivity contribution in [2.45, 2.75) is 19.3 Å². The third kappa shape index (κ3) is 4.12. The van der Waals surface area contributed by atoms with Gasteiger partial charge in [0.25, 0.3) is 5.91 Å². The number of nitrogens with one attached hydrogen (secondary N) is 1. The smallest absolute Gasteiger partial charge is 0.255 e. The van der Waals surface area contributed by atoms with Crippen LogP contribution in [0.3, 0.4) is 0 Å². The molecule has 0 bridgehead atoms. The predicted octanol–water partition coefficient (Wildman–Crippen LogP) is 2.90. The van der Waals surface area contributed by atoms with Crippen molar-refractivity contribution in [2.75, 3.05) is 26.9 Å². The molecular weight excluding hydrogens is 278 g/mol. The zero-order valence-electron chi connectivity index (χ0n) is 11.7. The average molecular weight is 298 g/mol. The first-order valence-corrected chi connectivity index (χ1v) is 7.28. The van der Waals surface area contributed by atoms with Crippen molar-refractivity contribution >= 4 is 17.5 Å². The quantitative estimate of drug-likeness (QED) is 0.909. The Kier molecular flexibility index (Phi) is 5.68. The summed E-state index contributed by atoms with van der Waals surface area (Å²) in [6.07, 6.45) is 3.14. The Morgan fingerprint density at radius 1 is 1.45 bits per heavy atom. The third-order valence-electron chi connectivity index (χ3n) is 3.59. The van der Waals surface area contributed by atoms with Gasteiger partial charge in [0, 0.05) is 24.8 Å². The summed E-state index contributed by atoms with van der Waals surface area (Å²) >= 11 is 5.92. The summed E-state index contributed by atoms with van der Waals surface area (Å²) in [5.41, 5.74) is 0.479. The Balaban J connectivity index is 1.86. The van der Waals surface area contributed by atoms with Gasteiger partial charge >= 0.3 is 0 Å². The fourth-order valence-corrected chi connectivity index (χ4v) is 2.55. The van der Waals surface area contributed by atoms with Crippen LogP contribution in [0.15, 0.2) is 18.2 Å². The van der Waals surface area contributed by atoms with E-state index in [2.05, 4.69) is 5.32 Å². The molecule has 0 atom stereocenters. The number of ether oxygens (including phenoxy) is 2. The second kappa shape index (κ2) is 7.50. The van der Waals surface area contributed by atoms with Crippen molar-refractivity contribution in [1.29, 1.82) is 0 Å². The summed E-state index contributed by atoms with van der Waals surface area (Å²) in [7, 11) is 1.54. The lowest BCUT2D eigenvalue weighted by Crippen LogP contribution is -2.27. The first-order chi connectivity index (χ1) is 9.70. The summed E-state index contributed by atoms with van der Waals surface area (Å²) in [6, 6.07) is 5.04. The Hall–Kier alpha value is -1.26. The Morgan fingerprint density at radius 2 is 2.20 bits per heavy atom. The summed E-state index contributed by atoms with van der Waals surface area (Å²) in [6.45, 7) is 2.33. The maximum absolute atomic E-state index is 12.1. The van der Waals surface area contributed by atoms with Crippen molar-refractivity contribution in [2.24, 2.45) is 5.92 Å². The highest BCUT2D eigenvalue weighted by atomic mass is 35.5. The van der Waals surface area contributed by atoms with Gasteiger partial charge in [0.05, 0.1) is 12.7 Å². The van der Waals surface area contributed by atoms with E-state index < -0.39 is 0 Å². The van der Waals surface area contributed by atoms with E-state index in [4.69, 9.17) is 21.1 Å². The molecule has 0 radical (unpaired) electrons. The Morgan fingerprint density at radius 3 is 2.90 bits per heavy atom. The van der Waals surface area contributed by atoms with Gasteiger partial charge in [0.15, 0.2) is 0 Å². The molecule has 1 saturated heterocycles. The van der Waals surface area contributed by atoms with Crippen LogP contribution in [0.2, 0.25) is 5.02 Å². The highest BCUT2D eigenvalue weighted by molar-refractivity contribution is 6.31. The van der Waals surface area contributed by atoms with Crippen molar-refractivity contribution in [3.8, 4) is 5.75 Å². The van der Waals surface area contributed by atoms with Crippen LogP contribution in [-0.2, 0) is 4.74 Å². The molecule has 0 spiro atoms. The van der Waals surface area contributed by atoms with E-state index in [1.54, 1.807) is 25.3 Å². The van der Waals surface area contributed by atoms with Gasteiger partial charge in [-0.2, -0.15) is 0 Å². The monoisotopic (exact) mass is 297 g/mol. The second-order valence-corrected chi connectivity index (χ2v) is 5.38. The van der Waals surface area contributed by atoms with Crippen LogP contribution in [0.25, 0.3) is 0 Å². The third-order valence-corrected chi connectivity index (χ3v) is 3.82. The lowest BCUT2D eigenvalue weighted by atomic mass is 9.96. The molecule has 1 aliphatic heterocycles. The van der Waals surface area contributed by atoms with Gasteiger partial charge in [0.1, 0.15) is 5.75 Å². The molecule has 0 unspecified atom stereocenters. The van der Waals surface area contributed by atoms with Gasteiger partial charge in [-0.1, -0.05) is 11.6 Å². The molecule has 1 N–H and O–H groups in total. The number of hydrogen-bond acceptors (Lipinski definition) is 3. The minimum absolute atomic E-state index is 0.142. The molecule has 0 aliphatic carbocycles. The number of methoxy groups -OCH3 is 1. The number of carbonyl (C=O) groups is 1. The summed E-state index contributed by atoms with van der Waals surface area (Å²) in [5, 5.41) is 3.46. The molecule has 1 fully saturated rings. The number of benzene rings is 1. The molecule has 1 aliphatic rings. The predicted molar refractivity (Wildman–Crippen MR) is 78.5 cm³/mol. The molecular formula is C15H20ClNO3. The first-order valence-electron chi connectivity index (χ1n) is 6.90. The number of rotatable bonds is 5. The maximum atomic E-state index is 12.1. The SMILES string of the molecule is COc1ccc(Cl)cc1C(=O)NCCC1CCOCC1. The molecule has 1 heterocycles. The summed E-state index contributed by atoms with van der Waals surface area (Å²) < 4.78 is 10.5. The van der Waals surface area contributed by atoms with Crippen LogP contribution in [-0.4, -0.2) is 32.8 Å². The minimum atomic E-state index is -0.142. The number of halogens is 1. The first kappa shape index (κ1) is 15.1. The van der Waals surface area contributed by atoms with Crippen molar-refractivity contribution in [1.82, 2.24) is 5.32 Å². The number of hydrogen-bond donors (Lipinski definition) is 1. The van der Waals surface area contributed by atoms with Crippen molar-refractivity contribution in [3.05, 3.63) is 28.8 Å². The minimum Gasteiger partial charge on any atom is -0.496 e. The molecule has 2 rings (SSSR count). The van der Waals surface area contributed by atoms with Gasteiger partial charge in [0.2, 0.25) is 0 Å². The lowest BCUT2D eigenvalue weighted by molar-refractivity contribution is 0.0636. The van der Waals surface area contributed by atoms with Gasteiger partial charge in [-0.15, -0.1) is 0 Å². The molecule has 4 nitrogen and oxygen atoms in total. The van der Waals surface area contributed by atoms with Crippen molar-refractivity contribution < 1.29 is 14.3 Å². The molecule has 110 valence electrons. The normalized spacial score (nSPS) is 15.9. The molecule has 0 saturated carbocycles. The van der Waals surface area contributed by atoms with Crippen molar-refractivity contribution in [3.63, 3.8) is 0 Å². The van der Waals surface area contributed by atoms with E-state index in [-0.39, 0.29) is 5.91 Å². The topological polar surface area (TPSA) is 47.6 Å². The van der Waals surface area contributed by atoms with E-state index >= 15 is 0 Å². The van der Waals surface area contributed by atoms with E-state index in [1.807, 2.05) is 0 Å². The van der Waals surface area contributed by atoms with E-state index in [1.165, 1.54) is 0 Å². The Bertz CT molecular complexity index is 458. The highest BCUT2D eigenvalue weighted by Crippen LogP contribution is 2.22. The Labute approximate surface area is 124 Å². The van der Waals surface area contributed by atoms with E-state index in [0.29, 0.717) is 28.8 Å². The maximum Gasteiger partial charge on any atom is 0.255 e. The molecule has 1 aromatic rings. The van der Waals surface area contributed by atoms with Crippen LogP contribution in [0.1, 0.15) is 29.6 Å². The highest BCUT2D eigenvalue weighted by Gasteiger charge is 2.15. The summed E-state index contributed by atoms with van der Waals surface area (Å²) in [5.74, 6) is 1.04. The molecule has 20 heavy (non-hydrogen) atoms. The fraction of sp³-hybridized carbons (Fsp3) is 0.533. The molecule has 1 aromatic carbocycles. The fourth-order valence-electron chi connectivity index (χ4n) is 2.38. The van der Waals surface area contributed by atoms with Gasteiger partial charge in [-0.05, 0) is 43.4 Å². The van der Waals surface area contributed by atoms with Crippen LogP contribution in [0, 0.1) is 5.92 Å². The number of amides is 1. The van der Waals surface area contributed by atoms with Crippen LogP contribution < -0.4 is 10.1 Å². The van der Waals surface area contributed by atoms with Crippen LogP contribution in [0.4, 0.5) is 0 Å². The molecule has 5 heteroatoms. The zero-order chi connectivity index (χ0) is 14.4. The standard InChI is InChI=1S/C15H20ClNO3/c1-19-14-3-2-12(16)10-13(14)15(18)17-7-4-11-5-8-20-9-6-11/h2-3,10-11H,4-9H2,1H3,(H,17,18). The average Bonchev–Trinajstić information content (AvgIpc) is 2.48. The second-order valence-electron chi connectivity index (χ2n) is 4.94. The van der Waals surface area contributed by atoms with E-state index in [0.717, 1.165) is 32.5 Å². The van der Waals surface area contributed by atoms with Gasteiger partial charge in [-0.3, -0.25) is 4.79 Å². The molecule has 0 aromatic heterocycles. The van der Waals surface area contributed by atoms with Crippen LogP contribution >= 0.6 is 11.6 Å². The molecule has 1 amide bonds. The lowest BCUT2D eigenvalue weighted by Gasteiger charge is -2.21. The summed E-state index contributed by atoms with van der Waals surface area (Å²) in [4.78, 5) is 12.1. The number of carbonyl (C=O) groups excluding carboxylic acids is 1.